The molecule has 10 aromatic rings. The maximum absolute atomic E-state index is 13.4. The van der Waals surface area contributed by atoms with Gasteiger partial charge in [0.1, 0.15) is 16.8 Å². The summed E-state index contributed by atoms with van der Waals surface area (Å²) in [6.45, 7) is 12.2. The van der Waals surface area contributed by atoms with E-state index in [1.54, 1.807) is 18.2 Å². The van der Waals surface area contributed by atoms with Crippen molar-refractivity contribution >= 4 is 64.6 Å². The van der Waals surface area contributed by atoms with Crippen molar-refractivity contribution in [2.45, 2.75) is 36.1 Å². The van der Waals surface area contributed by atoms with Crippen LogP contribution in [0.25, 0.3) is 64.6 Å². The Balaban J connectivity index is 1.22. The number of benzene rings is 10. The topological polar surface area (TPSA) is 60.7 Å². The van der Waals surface area contributed by atoms with Crippen LogP contribution in [0.15, 0.2) is 196 Å². The van der Waals surface area contributed by atoms with Crippen LogP contribution < -0.4 is 0 Å². The molecule has 0 aromatic heterocycles. The maximum Gasteiger partial charge on any atom is 0.119 e. The van der Waals surface area contributed by atoms with Crippen LogP contribution in [0, 0.1) is 0 Å². The minimum absolute atomic E-state index is 0.275. The first-order valence-electron chi connectivity index (χ1n) is 20.3. The zero-order chi connectivity index (χ0) is 40.5. The average molecular weight is 765 g/mol. The van der Waals surface area contributed by atoms with E-state index in [4.69, 9.17) is 0 Å². The molecule has 0 saturated heterocycles. The molecule has 0 spiro atoms. The first-order chi connectivity index (χ1) is 28.7. The lowest BCUT2D eigenvalue weighted by atomic mass is 9.75. The maximum atomic E-state index is 13.4. The Hall–Kier alpha value is -6.62. The molecule has 2 unspecified atom stereocenters. The second-order valence-corrected chi connectivity index (χ2v) is 16.1. The number of rotatable bonds is 12. The Morgan fingerprint density at radius 3 is 0.864 bits per heavy atom. The lowest BCUT2D eigenvalue weighted by molar-refractivity contribution is 0.0854. The Bertz CT molecular complexity index is 3030. The van der Waals surface area contributed by atoms with Crippen LogP contribution in [0.5, 0.6) is 0 Å². The molecule has 3 nitrogen and oxygen atoms in total. The van der Waals surface area contributed by atoms with Crippen LogP contribution >= 0.6 is 0 Å². The molecule has 0 radical (unpaired) electrons. The van der Waals surface area contributed by atoms with Gasteiger partial charge >= 0.3 is 0 Å². The average Bonchev–Trinajstić information content (AvgIpc) is 3.27. The van der Waals surface area contributed by atoms with E-state index in [9.17, 15) is 15.3 Å². The number of aliphatic hydroxyl groups is 3. The van der Waals surface area contributed by atoms with E-state index < -0.39 is 16.8 Å². The van der Waals surface area contributed by atoms with E-state index in [2.05, 4.69) is 105 Å². The number of hydrogen-bond acceptors (Lipinski definition) is 3. The van der Waals surface area contributed by atoms with Gasteiger partial charge in [0.25, 0.3) is 0 Å². The van der Waals surface area contributed by atoms with Crippen molar-refractivity contribution in [1.29, 1.82) is 0 Å². The van der Waals surface area contributed by atoms with E-state index in [1.807, 2.05) is 72.8 Å². The molecule has 2 atom stereocenters. The van der Waals surface area contributed by atoms with Gasteiger partial charge in [-0.05, 0) is 98.0 Å². The normalized spacial score (nSPS) is 15.2. The Kier molecular flexibility index (Phi) is 8.55. The molecule has 0 saturated carbocycles. The fraction of sp³-hybridized carbons (Fsp3) is 0.107. The minimum atomic E-state index is -1.46. The highest BCUT2D eigenvalue weighted by Gasteiger charge is 2.37. The third kappa shape index (κ3) is 5.33. The monoisotopic (exact) mass is 764 g/mol. The predicted octanol–water partition coefficient (Wildman–Crippen LogP) is 12.9. The third-order valence-electron chi connectivity index (χ3n) is 12.9. The quantitative estimate of drug-likeness (QED) is 0.0858. The standard InChI is InChI=1S/C56H44O3/c1-4-33-54(57,40-13-9-7-10-14-40)46-29-21-36-19-27-44-48(31-23-38-17-25-42(46)50(36)52(38)44)56(59,35-6-3)49-32-24-39-18-26-43-47(30-22-37-20-28-45(49)53(39)51(37)43)55(58,34-5-2)41-15-11-8-12-16-41/h4-32,57-59H,1-3,33-35H2. The molecule has 0 aliphatic carbocycles. The van der Waals surface area contributed by atoms with Crippen LogP contribution in [0.4, 0.5) is 0 Å². The van der Waals surface area contributed by atoms with E-state index in [0.29, 0.717) is 12.8 Å². The predicted molar refractivity (Wildman–Crippen MR) is 247 cm³/mol. The molecule has 286 valence electrons. The van der Waals surface area contributed by atoms with Gasteiger partial charge in [-0.15, -0.1) is 19.7 Å². The summed E-state index contributed by atoms with van der Waals surface area (Å²) in [4.78, 5) is 0. The van der Waals surface area contributed by atoms with Gasteiger partial charge in [0, 0.05) is 19.3 Å². The first-order valence-corrected chi connectivity index (χ1v) is 20.3. The molecule has 0 aliphatic heterocycles. The Morgan fingerprint density at radius 1 is 0.322 bits per heavy atom. The first kappa shape index (κ1) is 36.7. The van der Waals surface area contributed by atoms with Gasteiger partial charge in [-0.25, -0.2) is 0 Å². The summed E-state index contributed by atoms with van der Waals surface area (Å²) in [5, 5.41) is 50.7. The summed E-state index contributed by atoms with van der Waals surface area (Å²) in [6.07, 6.45) is 6.33. The minimum Gasteiger partial charge on any atom is -0.380 e. The van der Waals surface area contributed by atoms with Crippen molar-refractivity contribution in [3.05, 3.63) is 229 Å². The van der Waals surface area contributed by atoms with Crippen LogP contribution in [0.3, 0.4) is 0 Å². The molecule has 0 fully saturated rings. The van der Waals surface area contributed by atoms with Gasteiger partial charge in [0.15, 0.2) is 0 Å². The second-order valence-electron chi connectivity index (χ2n) is 16.1. The Labute approximate surface area is 343 Å². The molecule has 59 heavy (non-hydrogen) atoms. The Morgan fingerprint density at radius 2 is 0.576 bits per heavy atom. The van der Waals surface area contributed by atoms with Gasteiger partial charge in [-0.3, -0.25) is 0 Å². The molecule has 3 heteroatoms. The smallest absolute Gasteiger partial charge is 0.119 e. The van der Waals surface area contributed by atoms with Crippen LogP contribution in [-0.2, 0) is 16.8 Å². The summed E-state index contributed by atoms with van der Waals surface area (Å²) in [5.74, 6) is 0. The van der Waals surface area contributed by atoms with Crippen molar-refractivity contribution < 1.29 is 15.3 Å². The van der Waals surface area contributed by atoms with E-state index >= 15 is 0 Å². The summed E-state index contributed by atoms with van der Waals surface area (Å²) in [5.41, 5.74) is 0.781. The molecule has 0 aliphatic rings. The highest BCUT2D eigenvalue weighted by Crippen LogP contribution is 2.49. The highest BCUT2D eigenvalue weighted by molar-refractivity contribution is 6.26. The third-order valence-corrected chi connectivity index (χ3v) is 12.9. The summed E-state index contributed by atoms with van der Waals surface area (Å²) in [6, 6.07) is 53.3. The number of hydrogen-bond donors (Lipinski definition) is 3. The largest absolute Gasteiger partial charge is 0.380 e. The zero-order valence-corrected chi connectivity index (χ0v) is 32.8. The van der Waals surface area contributed by atoms with Gasteiger partial charge in [0.05, 0.1) is 0 Å². The van der Waals surface area contributed by atoms with Crippen molar-refractivity contribution in [3.8, 4) is 0 Å². The molecule has 0 bridgehead atoms. The van der Waals surface area contributed by atoms with Gasteiger partial charge < -0.3 is 15.3 Å². The SMILES string of the molecule is C=CCC(O)(c1ccccc1)c1ccc2ccc3c(C(O)(CC=C)c4ccc5ccc6c(C(O)(CC=C)c7ccccc7)ccc7ccc4c5c76)ccc4ccc1c2c43. The van der Waals surface area contributed by atoms with Gasteiger partial charge in [0.2, 0.25) is 0 Å². The molecular weight excluding hydrogens is 721 g/mol. The highest BCUT2D eigenvalue weighted by atomic mass is 16.3. The van der Waals surface area contributed by atoms with Gasteiger partial charge in [-0.2, -0.15) is 0 Å². The van der Waals surface area contributed by atoms with Gasteiger partial charge in [-0.1, -0.05) is 176 Å². The lowest BCUT2D eigenvalue weighted by Gasteiger charge is -2.33. The molecular formula is C56H44O3. The van der Waals surface area contributed by atoms with Crippen LogP contribution in [-0.4, -0.2) is 15.3 Å². The molecule has 0 heterocycles. The van der Waals surface area contributed by atoms with Crippen molar-refractivity contribution in [3.63, 3.8) is 0 Å². The second kappa shape index (κ2) is 13.8. The van der Waals surface area contributed by atoms with E-state index in [-0.39, 0.29) is 6.42 Å². The van der Waals surface area contributed by atoms with E-state index in [0.717, 1.165) is 98.0 Å². The van der Waals surface area contributed by atoms with Crippen molar-refractivity contribution in [2.75, 3.05) is 0 Å². The molecule has 10 aromatic carbocycles. The molecule has 3 N–H and O–H groups in total. The summed E-state index contributed by atoms with van der Waals surface area (Å²) >= 11 is 0. The molecule has 0 amide bonds. The zero-order valence-electron chi connectivity index (χ0n) is 32.8. The molecule has 10 rings (SSSR count). The van der Waals surface area contributed by atoms with Crippen LogP contribution in [0.1, 0.15) is 52.6 Å². The van der Waals surface area contributed by atoms with Crippen molar-refractivity contribution in [2.24, 2.45) is 0 Å². The summed E-state index contributed by atoms with van der Waals surface area (Å²) < 4.78 is 0. The van der Waals surface area contributed by atoms with Crippen LogP contribution in [0.2, 0.25) is 0 Å². The van der Waals surface area contributed by atoms with Crippen molar-refractivity contribution in [1.82, 2.24) is 0 Å². The summed E-state index contributed by atoms with van der Waals surface area (Å²) in [7, 11) is 0. The fourth-order valence-electron chi connectivity index (χ4n) is 10.2. The fourth-order valence-corrected chi connectivity index (χ4v) is 10.2. The van der Waals surface area contributed by atoms with E-state index in [1.165, 1.54) is 0 Å². The lowest BCUT2D eigenvalue weighted by Crippen LogP contribution is -2.28.